The second-order valence-electron chi connectivity index (χ2n) is 3.67. The fourth-order valence-corrected chi connectivity index (χ4v) is 1.69. The predicted octanol–water partition coefficient (Wildman–Crippen LogP) is 3.27. The van der Waals surface area contributed by atoms with Crippen LogP contribution < -0.4 is 5.01 Å². The third-order valence-corrected chi connectivity index (χ3v) is 2.70. The Balaban J connectivity index is 2.96. The molecule has 0 aliphatic rings. The van der Waals surface area contributed by atoms with E-state index < -0.39 is 4.92 Å². The van der Waals surface area contributed by atoms with E-state index in [4.69, 9.17) is 0 Å². The number of hydrogen-bond donors (Lipinski definition) is 0. The quantitative estimate of drug-likeness (QED) is 0.432. The van der Waals surface area contributed by atoms with Crippen LogP contribution in [0.4, 0.5) is 11.4 Å². The van der Waals surface area contributed by atoms with Crippen molar-refractivity contribution in [2.75, 3.05) is 5.01 Å². The number of nitro benzene ring substituents is 1. The van der Waals surface area contributed by atoms with E-state index in [0.29, 0.717) is 5.69 Å². The summed E-state index contributed by atoms with van der Waals surface area (Å²) in [6.07, 6.45) is 1.58. The molecule has 17 heavy (non-hydrogen) atoms. The number of nitroso groups, excluding NO2 is 1. The lowest BCUT2D eigenvalue weighted by molar-refractivity contribution is -0.384. The molecule has 0 spiro atoms. The predicted molar refractivity (Wildman–Crippen MR) is 65.7 cm³/mol. The van der Waals surface area contributed by atoms with Crippen LogP contribution in [0.15, 0.2) is 29.6 Å². The lowest BCUT2D eigenvalue weighted by atomic mass is 10.1. The van der Waals surface area contributed by atoms with Gasteiger partial charge in [-0.1, -0.05) is 13.8 Å². The first-order chi connectivity index (χ1) is 8.13. The van der Waals surface area contributed by atoms with Gasteiger partial charge in [0.25, 0.3) is 5.69 Å². The second-order valence-corrected chi connectivity index (χ2v) is 3.67. The van der Waals surface area contributed by atoms with Crippen molar-refractivity contribution in [3.05, 3.63) is 39.3 Å². The van der Waals surface area contributed by atoms with Gasteiger partial charge in [-0.05, 0) is 25.0 Å². The summed E-state index contributed by atoms with van der Waals surface area (Å²) in [5, 5.41) is 14.9. The van der Waals surface area contributed by atoms with Gasteiger partial charge in [0.2, 0.25) is 0 Å². The average Bonchev–Trinajstić information content (AvgIpc) is 2.36. The highest BCUT2D eigenvalue weighted by molar-refractivity contribution is 5.50. The van der Waals surface area contributed by atoms with Gasteiger partial charge >= 0.3 is 0 Å². The molecule has 0 aliphatic carbocycles. The summed E-state index contributed by atoms with van der Waals surface area (Å²) in [5.41, 5.74) is 0.587. The Morgan fingerprint density at radius 2 is 1.82 bits per heavy atom. The maximum absolute atomic E-state index is 10.8. The third kappa shape index (κ3) is 2.99. The van der Waals surface area contributed by atoms with Crippen molar-refractivity contribution in [3.63, 3.8) is 0 Å². The average molecular weight is 237 g/mol. The van der Waals surface area contributed by atoms with E-state index in [-0.39, 0.29) is 11.7 Å². The maximum Gasteiger partial charge on any atom is 0.269 e. The lowest BCUT2D eigenvalue weighted by Gasteiger charge is -2.23. The van der Waals surface area contributed by atoms with Crippen LogP contribution in [0.2, 0.25) is 0 Å². The van der Waals surface area contributed by atoms with Crippen molar-refractivity contribution in [1.29, 1.82) is 0 Å². The summed E-state index contributed by atoms with van der Waals surface area (Å²) in [7, 11) is 0. The summed E-state index contributed by atoms with van der Waals surface area (Å²) in [6, 6.07) is 5.84. The number of nitrogens with zero attached hydrogens (tertiary/aromatic N) is 3. The highest BCUT2D eigenvalue weighted by Gasteiger charge is 2.17. The molecule has 0 radical (unpaired) electrons. The number of benzene rings is 1. The van der Waals surface area contributed by atoms with Gasteiger partial charge in [-0.25, -0.2) is 5.01 Å². The molecule has 0 saturated heterocycles. The Hall–Kier alpha value is -1.98. The van der Waals surface area contributed by atoms with Crippen LogP contribution in [0.25, 0.3) is 0 Å². The molecule has 0 N–H and O–H groups in total. The monoisotopic (exact) mass is 237 g/mol. The minimum absolute atomic E-state index is 0.00384. The second kappa shape index (κ2) is 5.93. The fourth-order valence-electron chi connectivity index (χ4n) is 1.69. The van der Waals surface area contributed by atoms with Crippen molar-refractivity contribution in [2.45, 2.75) is 32.7 Å². The normalized spacial score (nSPS) is 10.3. The zero-order chi connectivity index (χ0) is 12.8. The van der Waals surface area contributed by atoms with Crippen molar-refractivity contribution >= 4 is 11.4 Å². The molecule has 0 heterocycles. The van der Waals surface area contributed by atoms with Crippen LogP contribution in [-0.2, 0) is 0 Å². The van der Waals surface area contributed by atoms with E-state index in [1.807, 2.05) is 13.8 Å². The topological polar surface area (TPSA) is 75.8 Å². The van der Waals surface area contributed by atoms with Crippen molar-refractivity contribution in [2.24, 2.45) is 5.29 Å². The molecule has 1 rings (SSSR count). The molecular formula is C11H15N3O3. The van der Waals surface area contributed by atoms with Gasteiger partial charge < -0.3 is 0 Å². The molecule has 0 bridgehead atoms. The molecule has 6 heteroatoms. The van der Waals surface area contributed by atoms with Crippen molar-refractivity contribution in [3.8, 4) is 0 Å². The zero-order valence-electron chi connectivity index (χ0n) is 9.87. The molecule has 0 amide bonds. The molecule has 0 aromatic heterocycles. The van der Waals surface area contributed by atoms with Crippen LogP contribution >= 0.6 is 0 Å². The Bertz CT molecular complexity index is 387. The fraction of sp³-hybridized carbons (Fsp3) is 0.455. The highest BCUT2D eigenvalue weighted by atomic mass is 16.6. The van der Waals surface area contributed by atoms with Crippen LogP contribution in [0.5, 0.6) is 0 Å². The standard InChI is InChI=1S/C11H15N3O3/c1-3-9(4-2)13(12-15)10-5-7-11(8-6-10)14(16)17/h5-9H,3-4H2,1-2H3. The molecule has 0 fully saturated rings. The van der Waals surface area contributed by atoms with Gasteiger partial charge in [0.05, 0.1) is 21.9 Å². The smallest absolute Gasteiger partial charge is 0.258 e. The summed E-state index contributed by atoms with van der Waals surface area (Å²) >= 11 is 0. The van der Waals surface area contributed by atoms with Gasteiger partial charge in [-0.15, -0.1) is 4.91 Å². The molecule has 6 nitrogen and oxygen atoms in total. The van der Waals surface area contributed by atoms with Gasteiger partial charge in [0.1, 0.15) is 0 Å². The molecule has 1 aromatic carbocycles. The van der Waals surface area contributed by atoms with Gasteiger partial charge in [-0.3, -0.25) is 10.1 Å². The molecular weight excluding hydrogens is 222 g/mol. The van der Waals surface area contributed by atoms with E-state index in [9.17, 15) is 15.0 Å². The number of hydrogen-bond acceptors (Lipinski definition) is 4. The lowest BCUT2D eigenvalue weighted by Crippen LogP contribution is -2.28. The molecule has 0 aliphatic heterocycles. The van der Waals surface area contributed by atoms with E-state index in [1.54, 1.807) is 0 Å². The first-order valence-electron chi connectivity index (χ1n) is 5.51. The number of nitro groups is 1. The largest absolute Gasteiger partial charge is 0.269 e. The summed E-state index contributed by atoms with van der Waals surface area (Å²) in [6.45, 7) is 3.94. The molecule has 1 aromatic rings. The molecule has 0 saturated carbocycles. The summed E-state index contributed by atoms with van der Waals surface area (Å²) in [4.78, 5) is 20.9. The van der Waals surface area contributed by atoms with Crippen LogP contribution in [0.3, 0.4) is 0 Å². The number of non-ortho nitro benzene ring substituents is 1. The minimum Gasteiger partial charge on any atom is -0.258 e. The van der Waals surface area contributed by atoms with Gasteiger partial charge in [-0.2, -0.15) is 0 Å². The summed E-state index contributed by atoms with van der Waals surface area (Å²) in [5.74, 6) is 0. The van der Waals surface area contributed by atoms with Crippen molar-refractivity contribution < 1.29 is 4.92 Å². The van der Waals surface area contributed by atoms with Crippen LogP contribution in [0.1, 0.15) is 26.7 Å². The third-order valence-electron chi connectivity index (χ3n) is 2.70. The Morgan fingerprint density at radius 3 is 2.18 bits per heavy atom. The Morgan fingerprint density at radius 1 is 1.29 bits per heavy atom. The van der Waals surface area contributed by atoms with Gasteiger partial charge in [0.15, 0.2) is 0 Å². The SMILES string of the molecule is CCC(CC)N(N=O)c1ccc([N+](=O)[O-])cc1. The number of anilines is 1. The molecule has 0 atom stereocenters. The molecule has 92 valence electrons. The van der Waals surface area contributed by atoms with E-state index >= 15 is 0 Å². The molecule has 0 unspecified atom stereocenters. The van der Waals surface area contributed by atoms with Gasteiger partial charge in [0, 0.05) is 12.1 Å². The summed E-state index contributed by atoms with van der Waals surface area (Å²) < 4.78 is 0. The van der Waals surface area contributed by atoms with Crippen molar-refractivity contribution in [1.82, 2.24) is 0 Å². The van der Waals surface area contributed by atoms with E-state index in [0.717, 1.165) is 12.8 Å². The zero-order valence-corrected chi connectivity index (χ0v) is 9.87. The Kier molecular flexibility index (Phi) is 4.56. The van der Waals surface area contributed by atoms with Crippen LogP contribution in [-0.4, -0.2) is 11.0 Å². The maximum atomic E-state index is 10.8. The van der Waals surface area contributed by atoms with E-state index in [1.165, 1.54) is 29.3 Å². The highest BCUT2D eigenvalue weighted by Crippen LogP contribution is 2.23. The first-order valence-corrected chi connectivity index (χ1v) is 5.51. The Labute approximate surface area is 99.3 Å². The number of rotatable bonds is 6. The van der Waals surface area contributed by atoms with E-state index in [2.05, 4.69) is 5.29 Å². The van der Waals surface area contributed by atoms with Crippen LogP contribution in [0, 0.1) is 15.0 Å². The minimum atomic E-state index is -0.473. The first kappa shape index (κ1) is 13.1.